The van der Waals surface area contributed by atoms with Crippen molar-refractivity contribution in [2.75, 3.05) is 13.6 Å². The second-order valence-corrected chi connectivity index (χ2v) is 6.76. The minimum Gasteiger partial charge on any atom is -0.349 e. The summed E-state index contributed by atoms with van der Waals surface area (Å²) in [6.07, 6.45) is 5.39. The van der Waals surface area contributed by atoms with Crippen LogP contribution in [0.2, 0.25) is 0 Å². The van der Waals surface area contributed by atoms with Crippen molar-refractivity contribution < 1.29 is 19.3 Å². The van der Waals surface area contributed by atoms with Crippen molar-refractivity contribution >= 4 is 17.8 Å². The SMILES string of the molecule is CC(C)NC(=O)C[NH+](C)[C@H](C)C(=O)NC(=O)NC1CCCCC1. The quantitative estimate of drug-likeness (QED) is 0.534. The molecule has 0 aromatic carbocycles. The van der Waals surface area contributed by atoms with E-state index in [-0.39, 0.29) is 30.4 Å². The zero-order valence-electron chi connectivity index (χ0n) is 14.7. The summed E-state index contributed by atoms with van der Waals surface area (Å²) in [5.41, 5.74) is 0. The Morgan fingerprint density at radius 1 is 1.09 bits per heavy atom. The van der Waals surface area contributed by atoms with Crippen molar-refractivity contribution in [1.82, 2.24) is 16.0 Å². The largest absolute Gasteiger partial charge is 0.349 e. The molecule has 0 heterocycles. The number of carbonyl (C=O) groups excluding carboxylic acids is 3. The van der Waals surface area contributed by atoms with Crippen LogP contribution in [0.15, 0.2) is 0 Å². The second kappa shape index (κ2) is 9.50. The maximum atomic E-state index is 12.1. The van der Waals surface area contributed by atoms with Crippen LogP contribution in [0.25, 0.3) is 0 Å². The van der Waals surface area contributed by atoms with Crippen LogP contribution in [0.5, 0.6) is 0 Å². The molecule has 0 spiro atoms. The van der Waals surface area contributed by atoms with E-state index < -0.39 is 12.1 Å². The summed E-state index contributed by atoms with van der Waals surface area (Å²) in [5, 5.41) is 8.02. The first-order valence-corrected chi connectivity index (χ1v) is 8.52. The fraction of sp³-hybridized carbons (Fsp3) is 0.812. The predicted molar refractivity (Wildman–Crippen MR) is 88.0 cm³/mol. The zero-order chi connectivity index (χ0) is 17.4. The Bertz CT molecular complexity index is 420. The van der Waals surface area contributed by atoms with E-state index in [1.54, 1.807) is 14.0 Å². The molecule has 0 bridgehead atoms. The average molecular weight is 327 g/mol. The molecule has 1 fully saturated rings. The summed E-state index contributed by atoms with van der Waals surface area (Å²) >= 11 is 0. The summed E-state index contributed by atoms with van der Waals surface area (Å²) in [7, 11) is 1.77. The smallest absolute Gasteiger partial charge is 0.321 e. The Labute approximate surface area is 138 Å². The third-order valence-corrected chi connectivity index (χ3v) is 4.20. The Morgan fingerprint density at radius 3 is 2.26 bits per heavy atom. The van der Waals surface area contributed by atoms with Gasteiger partial charge in [0, 0.05) is 12.1 Å². The van der Waals surface area contributed by atoms with Crippen molar-refractivity contribution in [2.45, 2.75) is 71.0 Å². The molecule has 0 aromatic rings. The number of quaternary nitrogens is 1. The number of urea groups is 1. The fourth-order valence-corrected chi connectivity index (χ4v) is 2.69. The molecule has 0 saturated heterocycles. The lowest BCUT2D eigenvalue weighted by atomic mass is 9.96. The molecule has 4 amide bonds. The number of likely N-dealkylation sites (N-methyl/N-ethyl adjacent to an activating group) is 1. The van der Waals surface area contributed by atoms with E-state index in [1.807, 2.05) is 13.8 Å². The van der Waals surface area contributed by atoms with Crippen LogP contribution in [0.4, 0.5) is 4.79 Å². The van der Waals surface area contributed by atoms with E-state index in [9.17, 15) is 14.4 Å². The van der Waals surface area contributed by atoms with Crippen LogP contribution in [0.3, 0.4) is 0 Å². The monoisotopic (exact) mass is 327 g/mol. The molecule has 7 nitrogen and oxygen atoms in total. The van der Waals surface area contributed by atoms with Crippen molar-refractivity contribution in [2.24, 2.45) is 0 Å². The molecule has 4 N–H and O–H groups in total. The van der Waals surface area contributed by atoms with Crippen LogP contribution in [-0.4, -0.2) is 49.6 Å². The maximum absolute atomic E-state index is 12.1. The lowest BCUT2D eigenvalue weighted by Crippen LogP contribution is -3.15. The van der Waals surface area contributed by atoms with Gasteiger partial charge in [0.15, 0.2) is 12.6 Å². The minimum atomic E-state index is -0.481. The molecule has 1 aliphatic carbocycles. The molecular weight excluding hydrogens is 296 g/mol. The van der Waals surface area contributed by atoms with Crippen LogP contribution in [-0.2, 0) is 9.59 Å². The number of nitrogens with one attached hydrogen (secondary N) is 4. The molecule has 23 heavy (non-hydrogen) atoms. The minimum absolute atomic E-state index is 0.0701. The molecular formula is C16H31N4O3+. The van der Waals surface area contributed by atoms with Crippen LogP contribution in [0.1, 0.15) is 52.9 Å². The fourth-order valence-electron chi connectivity index (χ4n) is 2.69. The highest BCUT2D eigenvalue weighted by molar-refractivity contribution is 5.96. The summed E-state index contributed by atoms with van der Waals surface area (Å²) in [4.78, 5) is 36.5. The van der Waals surface area contributed by atoms with Gasteiger partial charge < -0.3 is 15.5 Å². The number of carbonyl (C=O) groups is 3. The van der Waals surface area contributed by atoms with E-state index in [4.69, 9.17) is 0 Å². The molecule has 7 heteroatoms. The van der Waals surface area contributed by atoms with Crippen molar-refractivity contribution in [1.29, 1.82) is 0 Å². The number of imide groups is 1. The molecule has 1 rings (SSSR count). The summed E-state index contributed by atoms with van der Waals surface area (Å²) < 4.78 is 0. The van der Waals surface area contributed by atoms with Gasteiger partial charge in [-0.3, -0.25) is 14.9 Å². The normalized spacial score (nSPS) is 18.1. The average Bonchev–Trinajstić information content (AvgIpc) is 2.46. The van der Waals surface area contributed by atoms with E-state index in [2.05, 4.69) is 16.0 Å². The number of rotatable bonds is 6. The summed E-state index contributed by atoms with van der Waals surface area (Å²) in [6.45, 7) is 5.68. The number of hydrogen-bond donors (Lipinski definition) is 4. The Morgan fingerprint density at radius 2 is 1.70 bits per heavy atom. The van der Waals surface area contributed by atoms with Gasteiger partial charge in [0.05, 0.1) is 7.05 Å². The van der Waals surface area contributed by atoms with Crippen LogP contribution in [0, 0.1) is 0 Å². The third-order valence-electron chi connectivity index (χ3n) is 4.20. The van der Waals surface area contributed by atoms with Gasteiger partial charge in [0.2, 0.25) is 0 Å². The van der Waals surface area contributed by atoms with Crippen molar-refractivity contribution in [3.05, 3.63) is 0 Å². The van der Waals surface area contributed by atoms with Crippen molar-refractivity contribution in [3.8, 4) is 0 Å². The van der Waals surface area contributed by atoms with Gasteiger partial charge in [-0.2, -0.15) is 0 Å². The molecule has 132 valence electrons. The highest BCUT2D eigenvalue weighted by Gasteiger charge is 2.26. The highest BCUT2D eigenvalue weighted by atomic mass is 16.2. The highest BCUT2D eigenvalue weighted by Crippen LogP contribution is 2.17. The summed E-state index contributed by atoms with van der Waals surface area (Å²) in [5.74, 6) is -0.475. The van der Waals surface area contributed by atoms with Crippen molar-refractivity contribution in [3.63, 3.8) is 0 Å². The topological polar surface area (TPSA) is 91.7 Å². The first-order valence-electron chi connectivity index (χ1n) is 8.52. The second-order valence-electron chi connectivity index (χ2n) is 6.76. The van der Waals surface area contributed by atoms with Gasteiger partial charge in [-0.05, 0) is 33.6 Å². The van der Waals surface area contributed by atoms with E-state index in [0.717, 1.165) is 30.6 Å². The molecule has 2 atom stereocenters. The number of amides is 4. The Kier molecular flexibility index (Phi) is 8.02. The van der Waals surface area contributed by atoms with Gasteiger partial charge in [-0.15, -0.1) is 0 Å². The zero-order valence-corrected chi connectivity index (χ0v) is 14.7. The lowest BCUT2D eigenvalue weighted by Gasteiger charge is -2.24. The first-order chi connectivity index (χ1) is 10.8. The van der Waals surface area contributed by atoms with E-state index >= 15 is 0 Å². The van der Waals surface area contributed by atoms with Gasteiger partial charge in [-0.25, -0.2) is 4.79 Å². The van der Waals surface area contributed by atoms with Gasteiger partial charge >= 0.3 is 6.03 Å². The predicted octanol–water partition coefficient (Wildman–Crippen LogP) is -0.427. The third kappa shape index (κ3) is 7.45. The first kappa shape index (κ1) is 19.4. The lowest BCUT2D eigenvalue weighted by molar-refractivity contribution is -0.886. The molecule has 1 saturated carbocycles. The molecule has 0 radical (unpaired) electrons. The summed E-state index contributed by atoms with van der Waals surface area (Å²) in [6, 6.07) is -0.687. The molecule has 1 unspecified atom stereocenters. The standard InChI is InChI=1S/C16H30N4O3/c1-11(2)17-14(21)10-20(4)12(3)15(22)19-16(23)18-13-8-6-5-7-9-13/h11-13H,5-10H2,1-4H3,(H,17,21)(H2,18,19,22,23)/p+1/t12-/m1/s1. The van der Waals surface area contributed by atoms with Gasteiger partial charge in [0.25, 0.3) is 11.8 Å². The maximum Gasteiger partial charge on any atom is 0.321 e. The Balaban J connectivity index is 2.36. The molecule has 0 aromatic heterocycles. The Hall–Kier alpha value is -1.63. The van der Waals surface area contributed by atoms with Gasteiger partial charge in [0.1, 0.15) is 0 Å². The molecule has 1 aliphatic rings. The van der Waals surface area contributed by atoms with E-state index in [1.165, 1.54) is 6.42 Å². The number of hydrogen-bond acceptors (Lipinski definition) is 3. The molecule has 0 aliphatic heterocycles. The van der Waals surface area contributed by atoms with Gasteiger partial charge in [-0.1, -0.05) is 19.3 Å². The van der Waals surface area contributed by atoms with Crippen LogP contribution < -0.4 is 20.9 Å². The van der Waals surface area contributed by atoms with E-state index in [0.29, 0.717) is 0 Å². The van der Waals surface area contributed by atoms with Crippen LogP contribution >= 0.6 is 0 Å².